The van der Waals surface area contributed by atoms with Gasteiger partial charge in [0, 0.05) is 17.6 Å². The molecular weight excluding hydrogens is 420 g/mol. The molecule has 0 fully saturated rings. The van der Waals surface area contributed by atoms with Crippen molar-refractivity contribution < 1.29 is 9.59 Å². The van der Waals surface area contributed by atoms with Crippen molar-refractivity contribution in [2.75, 3.05) is 10.6 Å². The normalized spacial score (nSPS) is 11.5. The predicted octanol–water partition coefficient (Wildman–Crippen LogP) is 2.94. The molecule has 9 nitrogen and oxygen atoms in total. The van der Waals surface area contributed by atoms with Crippen molar-refractivity contribution in [2.24, 2.45) is 0 Å². The summed E-state index contributed by atoms with van der Waals surface area (Å²) in [5.74, 6) is -0.750. The highest BCUT2D eigenvalue weighted by atomic mass is 16.2. The summed E-state index contributed by atoms with van der Waals surface area (Å²) in [5.41, 5.74) is 1.71. The van der Waals surface area contributed by atoms with Gasteiger partial charge in [-0.15, -0.1) is 0 Å². The van der Waals surface area contributed by atoms with E-state index in [1.165, 1.54) is 28.0 Å². The van der Waals surface area contributed by atoms with E-state index >= 15 is 0 Å². The van der Waals surface area contributed by atoms with Gasteiger partial charge in [0.2, 0.25) is 5.91 Å². The first-order valence-corrected chi connectivity index (χ1v) is 10.3. The molecule has 166 valence electrons. The summed E-state index contributed by atoms with van der Waals surface area (Å²) in [4.78, 5) is 41.7. The van der Waals surface area contributed by atoms with E-state index in [-0.39, 0.29) is 17.0 Å². The minimum atomic E-state index is -0.525. The van der Waals surface area contributed by atoms with Crippen molar-refractivity contribution in [3.8, 4) is 0 Å². The fraction of sp³-hybridized carbons (Fsp3) is 0.125. The maximum atomic E-state index is 12.8. The Morgan fingerprint density at radius 3 is 2.30 bits per heavy atom. The van der Waals surface area contributed by atoms with Gasteiger partial charge in [-0.1, -0.05) is 30.3 Å². The lowest BCUT2D eigenvalue weighted by Crippen LogP contribution is -2.29. The number of pyridine rings is 1. The van der Waals surface area contributed by atoms with Crippen LogP contribution < -0.4 is 16.2 Å². The van der Waals surface area contributed by atoms with E-state index in [0.29, 0.717) is 17.9 Å². The summed E-state index contributed by atoms with van der Waals surface area (Å²) in [7, 11) is 0. The van der Waals surface area contributed by atoms with Crippen LogP contribution in [0.3, 0.4) is 0 Å². The topological polar surface area (TPSA) is 111 Å². The molecule has 2 aromatic heterocycles. The number of amides is 2. The first-order valence-electron chi connectivity index (χ1n) is 10.3. The van der Waals surface area contributed by atoms with Crippen molar-refractivity contribution in [3.63, 3.8) is 0 Å². The Morgan fingerprint density at radius 2 is 1.64 bits per heavy atom. The quantitative estimate of drug-likeness (QED) is 0.457. The van der Waals surface area contributed by atoms with Crippen LogP contribution in [0.15, 0.2) is 90.4 Å². The molecule has 0 radical (unpaired) electrons. The summed E-state index contributed by atoms with van der Waals surface area (Å²) in [6, 6.07) is 18.8. The van der Waals surface area contributed by atoms with E-state index in [1.807, 2.05) is 30.3 Å². The van der Waals surface area contributed by atoms with Gasteiger partial charge in [-0.3, -0.25) is 14.4 Å². The van der Waals surface area contributed by atoms with Gasteiger partial charge >= 0.3 is 0 Å². The van der Waals surface area contributed by atoms with E-state index in [9.17, 15) is 14.4 Å². The molecule has 4 rings (SSSR count). The van der Waals surface area contributed by atoms with Crippen LogP contribution in [-0.2, 0) is 11.3 Å². The Kier molecular flexibility index (Phi) is 6.40. The highest BCUT2D eigenvalue weighted by Gasteiger charge is 2.16. The number of aromatic nitrogens is 4. The SMILES string of the molecule is CC(C(=O)Nc1ccc(NC(=O)c2cccn(Cc3ccccc3)c2=O)cc1)n1cncn1. The Hall–Kier alpha value is -4.53. The molecule has 2 heterocycles. The van der Waals surface area contributed by atoms with E-state index in [0.717, 1.165) is 5.56 Å². The maximum absolute atomic E-state index is 12.8. The molecule has 0 spiro atoms. The number of hydrogen-bond acceptors (Lipinski definition) is 5. The van der Waals surface area contributed by atoms with Crippen LogP contribution in [-0.4, -0.2) is 31.1 Å². The van der Waals surface area contributed by atoms with Crippen LogP contribution in [0.5, 0.6) is 0 Å². The number of anilines is 2. The number of carbonyl (C=O) groups is 2. The number of nitrogens with one attached hydrogen (secondary N) is 2. The molecule has 2 aromatic carbocycles. The second kappa shape index (κ2) is 9.73. The van der Waals surface area contributed by atoms with Gasteiger partial charge in [-0.25, -0.2) is 9.67 Å². The monoisotopic (exact) mass is 442 g/mol. The Balaban J connectivity index is 1.41. The molecule has 9 heteroatoms. The van der Waals surface area contributed by atoms with E-state index < -0.39 is 11.9 Å². The van der Waals surface area contributed by atoms with Crippen molar-refractivity contribution in [2.45, 2.75) is 19.5 Å². The zero-order valence-corrected chi connectivity index (χ0v) is 17.9. The summed E-state index contributed by atoms with van der Waals surface area (Å²) >= 11 is 0. The molecule has 4 aromatic rings. The van der Waals surface area contributed by atoms with Gasteiger partial charge in [-0.05, 0) is 48.9 Å². The van der Waals surface area contributed by atoms with Crippen LogP contribution >= 0.6 is 0 Å². The highest BCUT2D eigenvalue weighted by molar-refractivity contribution is 6.04. The van der Waals surface area contributed by atoms with Crippen molar-refractivity contribution in [3.05, 3.63) is 107 Å². The van der Waals surface area contributed by atoms with Gasteiger partial charge in [0.1, 0.15) is 24.3 Å². The van der Waals surface area contributed by atoms with Crippen LogP contribution in [0.4, 0.5) is 11.4 Å². The van der Waals surface area contributed by atoms with Gasteiger partial charge in [0.05, 0.1) is 6.54 Å². The Labute approximate surface area is 189 Å². The van der Waals surface area contributed by atoms with Crippen LogP contribution in [0, 0.1) is 0 Å². The third kappa shape index (κ3) is 5.21. The first-order chi connectivity index (χ1) is 16.0. The van der Waals surface area contributed by atoms with Crippen molar-refractivity contribution in [1.82, 2.24) is 19.3 Å². The minimum absolute atomic E-state index is 0.0486. The molecule has 1 atom stereocenters. The molecular formula is C24H22N6O3. The molecule has 2 N–H and O–H groups in total. The van der Waals surface area contributed by atoms with E-state index in [2.05, 4.69) is 20.7 Å². The second-order valence-corrected chi connectivity index (χ2v) is 7.41. The number of rotatable bonds is 7. The molecule has 0 aliphatic heterocycles. The van der Waals surface area contributed by atoms with E-state index in [4.69, 9.17) is 0 Å². The largest absolute Gasteiger partial charge is 0.324 e. The molecule has 33 heavy (non-hydrogen) atoms. The third-order valence-electron chi connectivity index (χ3n) is 5.08. The molecule has 0 saturated heterocycles. The molecule has 1 unspecified atom stereocenters. The van der Waals surface area contributed by atoms with E-state index in [1.54, 1.807) is 43.5 Å². The Morgan fingerprint density at radius 1 is 0.939 bits per heavy atom. The highest BCUT2D eigenvalue weighted by Crippen LogP contribution is 2.16. The number of hydrogen-bond donors (Lipinski definition) is 2. The standard InChI is InChI=1S/C24H22N6O3/c1-17(30-16-25-15-26-30)22(31)27-19-9-11-20(12-10-19)28-23(32)21-8-5-13-29(24(21)33)14-18-6-3-2-4-7-18/h2-13,15-17H,14H2,1H3,(H,27,31)(H,28,32). The maximum Gasteiger partial charge on any atom is 0.263 e. The van der Waals surface area contributed by atoms with Gasteiger partial charge in [-0.2, -0.15) is 5.10 Å². The lowest BCUT2D eigenvalue weighted by Gasteiger charge is -2.13. The van der Waals surface area contributed by atoms with Crippen LogP contribution in [0.1, 0.15) is 28.9 Å². The fourth-order valence-corrected chi connectivity index (χ4v) is 3.23. The Bertz CT molecular complexity index is 1300. The van der Waals surface area contributed by atoms with Gasteiger partial charge in [0.15, 0.2) is 0 Å². The average Bonchev–Trinajstić information content (AvgIpc) is 3.37. The average molecular weight is 442 g/mol. The van der Waals surface area contributed by atoms with Crippen molar-refractivity contribution >= 4 is 23.2 Å². The fourth-order valence-electron chi connectivity index (χ4n) is 3.23. The summed E-state index contributed by atoms with van der Waals surface area (Å²) < 4.78 is 2.95. The van der Waals surface area contributed by atoms with Crippen LogP contribution in [0.25, 0.3) is 0 Å². The van der Waals surface area contributed by atoms with Crippen LogP contribution in [0.2, 0.25) is 0 Å². The minimum Gasteiger partial charge on any atom is -0.324 e. The smallest absolute Gasteiger partial charge is 0.263 e. The third-order valence-corrected chi connectivity index (χ3v) is 5.08. The molecule has 2 amide bonds. The molecule has 0 bridgehead atoms. The zero-order valence-electron chi connectivity index (χ0n) is 17.9. The zero-order chi connectivity index (χ0) is 23.2. The molecule has 0 aliphatic carbocycles. The lowest BCUT2D eigenvalue weighted by atomic mass is 10.2. The van der Waals surface area contributed by atoms with Gasteiger partial charge < -0.3 is 15.2 Å². The number of benzene rings is 2. The summed E-state index contributed by atoms with van der Waals surface area (Å²) in [5, 5.41) is 9.48. The summed E-state index contributed by atoms with van der Waals surface area (Å²) in [6.45, 7) is 2.09. The predicted molar refractivity (Wildman–Crippen MR) is 124 cm³/mol. The summed E-state index contributed by atoms with van der Waals surface area (Å²) in [6.07, 6.45) is 4.49. The first kappa shape index (κ1) is 21.7. The van der Waals surface area contributed by atoms with Gasteiger partial charge in [0.25, 0.3) is 11.5 Å². The molecule has 0 saturated carbocycles. The lowest BCUT2D eigenvalue weighted by molar-refractivity contribution is -0.119. The number of carbonyl (C=O) groups excluding carboxylic acids is 2. The number of nitrogens with zero attached hydrogens (tertiary/aromatic N) is 4. The van der Waals surface area contributed by atoms with Crippen molar-refractivity contribution in [1.29, 1.82) is 0 Å². The molecule has 0 aliphatic rings. The second-order valence-electron chi connectivity index (χ2n) is 7.41.